The number of anilines is 1. The molecule has 0 aromatic heterocycles. The molecule has 0 amide bonds. The number of hydrogen-bond acceptors (Lipinski definition) is 7. The molecule has 2 saturated heterocycles. The zero-order valence-corrected chi connectivity index (χ0v) is 20.5. The molecule has 2 fully saturated rings. The molecule has 2 aromatic carbocycles. The van der Waals surface area contributed by atoms with Gasteiger partial charge in [-0.3, -0.25) is 4.90 Å². The van der Waals surface area contributed by atoms with Crippen LogP contribution >= 0.6 is 11.6 Å². The van der Waals surface area contributed by atoms with Crippen LogP contribution in [-0.4, -0.2) is 73.1 Å². The predicted molar refractivity (Wildman–Crippen MR) is 130 cm³/mol. The lowest BCUT2D eigenvalue weighted by molar-refractivity contribution is -0.145. The van der Waals surface area contributed by atoms with Gasteiger partial charge in [-0.1, -0.05) is 11.6 Å². The molecule has 2 aromatic rings. The Morgan fingerprint density at radius 3 is 2.80 bits per heavy atom. The Kier molecular flexibility index (Phi) is 6.79. The maximum Gasteiger partial charge on any atom is 0.344 e. The van der Waals surface area contributed by atoms with Crippen LogP contribution in [0.25, 0.3) is 0 Å². The summed E-state index contributed by atoms with van der Waals surface area (Å²) in [5.41, 5.74) is 1.46. The predicted octanol–water partition coefficient (Wildman–Crippen LogP) is 3.44. The van der Waals surface area contributed by atoms with Crippen molar-refractivity contribution in [3.05, 3.63) is 52.8 Å². The van der Waals surface area contributed by atoms with E-state index < -0.39 is 17.9 Å². The number of carbonyl (C=O) groups excluding carboxylic acids is 1. The van der Waals surface area contributed by atoms with E-state index in [-0.39, 0.29) is 24.9 Å². The van der Waals surface area contributed by atoms with Gasteiger partial charge in [0.15, 0.2) is 6.61 Å². The van der Waals surface area contributed by atoms with Gasteiger partial charge < -0.3 is 24.2 Å². The monoisotopic (exact) mass is 504 g/mol. The minimum Gasteiger partial charge on any atom is -0.487 e. The van der Waals surface area contributed by atoms with Gasteiger partial charge in [-0.2, -0.15) is 0 Å². The lowest BCUT2D eigenvalue weighted by Crippen LogP contribution is -2.53. The van der Waals surface area contributed by atoms with Gasteiger partial charge in [0.05, 0.1) is 24.4 Å². The Bertz CT molecular complexity index is 1090. The average Bonchev–Trinajstić information content (AvgIpc) is 3.38. The molecule has 3 aliphatic heterocycles. The Morgan fingerprint density at radius 2 is 2.03 bits per heavy atom. The summed E-state index contributed by atoms with van der Waals surface area (Å²) in [6, 6.07) is 9.88. The highest BCUT2D eigenvalue weighted by Gasteiger charge is 2.45. The molecule has 35 heavy (non-hydrogen) atoms. The maximum absolute atomic E-state index is 14.1. The van der Waals surface area contributed by atoms with E-state index in [0.29, 0.717) is 24.5 Å². The van der Waals surface area contributed by atoms with E-state index in [1.54, 1.807) is 6.92 Å². The molecule has 3 aliphatic rings. The minimum absolute atomic E-state index is 0.0910. The number of fused-ring (bicyclic) bond motifs is 1. The molecule has 0 bridgehead atoms. The van der Waals surface area contributed by atoms with Crippen molar-refractivity contribution in [2.24, 2.45) is 0 Å². The first-order chi connectivity index (χ1) is 16.9. The first-order valence-electron chi connectivity index (χ1n) is 12.1. The molecule has 2 unspecified atom stereocenters. The molecule has 7 nitrogen and oxygen atoms in total. The second-order valence-corrected chi connectivity index (χ2v) is 9.93. The van der Waals surface area contributed by atoms with Crippen LogP contribution in [0.3, 0.4) is 0 Å². The van der Waals surface area contributed by atoms with Gasteiger partial charge in [0.25, 0.3) is 0 Å². The Hall–Kier alpha value is -2.55. The first kappa shape index (κ1) is 24.2. The molecule has 0 aliphatic carbocycles. The molecule has 2 atom stereocenters. The van der Waals surface area contributed by atoms with Crippen molar-refractivity contribution in [2.75, 3.05) is 44.3 Å². The molecule has 1 N–H and O–H groups in total. The third-order valence-corrected chi connectivity index (χ3v) is 7.45. The highest BCUT2D eigenvalue weighted by Crippen LogP contribution is 2.43. The van der Waals surface area contributed by atoms with Crippen LogP contribution in [0.4, 0.5) is 10.1 Å². The summed E-state index contributed by atoms with van der Waals surface area (Å²) < 4.78 is 31.0. The maximum atomic E-state index is 14.1. The molecule has 1 spiro atoms. The number of esters is 1. The zero-order chi connectivity index (χ0) is 24.6. The number of piperidine rings is 1. The summed E-state index contributed by atoms with van der Waals surface area (Å²) in [4.78, 5) is 15.9. The quantitative estimate of drug-likeness (QED) is 0.604. The molecular weight excluding hydrogens is 475 g/mol. The second-order valence-electron chi connectivity index (χ2n) is 9.50. The van der Waals surface area contributed by atoms with Crippen LogP contribution in [-0.2, 0) is 16.0 Å². The van der Waals surface area contributed by atoms with Crippen LogP contribution < -0.4 is 14.4 Å². The Morgan fingerprint density at radius 1 is 1.23 bits per heavy atom. The van der Waals surface area contributed by atoms with Crippen LogP contribution in [0.2, 0.25) is 5.02 Å². The van der Waals surface area contributed by atoms with Gasteiger partial charge >= 0.3 is 5.97 Å². The molecule has 188 valence electrons. The summed E-state index contributed by atoms with van der Waals surface area (Å²) >= 11 is 6.16. The molecule has 3 heterocycles. The van der Waals surface area contributed by atoms with Gasteiger partial charge in [-0.15, -0.1) is 0 Å². The summed E-state index contributed by atoms with van der Waals surface area (Å²) in [5.74, 6) is 0.416. The molecule has 5 rings (SSSR count). The summed E-state index contributed by atoms with van der Waals surface area (Å²) in [7, 11) is 0. The molecule has 0 radical (unpaired) electrons. The number of carbonyl (C=O) groups is 1. The fourth-order valence-electron chi connectivity index (χ4n) is 5.47. The van der Waals surface area contributed by atoms with Crippen LogP contribution in [0, 0.1) is 5.82 Å². The fraction of sp³-hybridized carbons (Fsp3) is 0.500. The van der Waals surface area contributed by atoms with Crippen molar-refractivity contribution < 1.29 is 28.5 Å². The number of nitrogens with zero attached hydrogens (tertiary/aromatic N) is 2. The van der Waals surface area contributed by atoms with Crippen LogP contribution in [0.15, 0.2) is 36.4 Å². The highest BCUT2D eigenvalue weighted by molar-refractivity contribution is 6.30. The third kappa shape index (κ3) is 5.06. The number of benzene rings is 2. The van der Waals surface area contributed by atoms with E-state index in [9.17, 15) is 14.3 Å². The zero-order valence-electron chi connectivity index (χ0n) is 19.7. The number of ether oxygens (including phenoxy) is 3. The molecule has 0 saturated carbocycles. The van der Waals surface area contributed by atoms with Crippen molar-refractivity contribution in [1.29, 1.82) is 0 Å². The standard InChI is InChI=1S/C26H30ClFN2O5/c1-2-33-25(32)16-34-24-6-4-19(28)12-20(24)30-14-21(22(31)15-30)29-9-7-26(8-10-29)13-17-11-18(27)3-5-23(17)35-26/h3-6,11-12,21-22,31H,2,7-10,13-16H2,1H3. The van der Waals surface area contributed by atoms with E-state index in [4.69, 9.17) is 25.8 Å². The van der Waals surface area contributed by atoms with Gasteiger partial charge in [0.2, 0.25) is 0 Å². The van der Waals surface area contributed by atoms with Gasteiger partial charge in [0.1, 0.15) is 22.9 Å². The van der Waals surface area contributed by atoms with Crippen molar-refractivity contribution in [1.82, 2.24) is 4.90 Å². The topological polar surface area (TPSA) is 71.5 Å². The largest absolute Gasteiger partial charge is 0.487 e. The van der Waals surface area contributed by atoms with Crippen LogP contribution in [0.5, 0.6) is 11.5 Å². The summed E-state index contributed by atoms with van der Waals surface area (Å²) in [6.45, 7) is 4.21. The number of aliphatic hydroxyl groups is 1. The summed E-state index contributed by atoms with van der Waals surface area (Å²) in [5, 5.41) is 11.6. The van der Waals surface area contributed by atoms with Crippen LogP contribution in [0.1, 0.15) is 25.3 Å². The molecular formula is C26H30ClFN2O5. The Balaban J connectivity index is 1.23. The first-order valence-corrected chi connectivity index (χ1v) is 12.5. The van der Waals surface area contributed by atoms with Crippen molar-refractivity contribution >= 4 is 23.3 Å². The van der Waals surface area contributed by atoms with Crippen molar-refractivity contribution in [2.45, 2.75) is 43.9 Å². The van der Waals surface area contributed by atoms with E-state index in [1.807, 2.05) is 23.1 Å². The highest BCUT2D eigenvalue weighted by atomic mass is 35.5. The van der Waals surface area contributed by atoms with E-state index in [2.05, 4.69) is 4.90 Å². The van der Waals surface area contributed by atoms with Gasteiger partial charge in [-0.25, -0.2) is 9.18 Å². The third-order valence-electron chi connectivity index (χ3n) is 7.21. The SMILES string of the molecule is CCOC(=O)COc1ccc(F)cc1N1CC(O)C(N2CCC3(CC2)Cc2cc(Cl)ccc2O3)C1. The summed E-state index contributed by atoms with van der Waals surface area (Å²) in [6.07, 6.45) is 1.97. The van der Waals surface area contributed by atoms with Gasteiger partial charge in [0, 0.05) is 56.5 Å². The lowest BCUT2D eigenvalue weighted by atomic mass is 9.86. The van der Waals surface area contributed by atoms with E-state index >= 15 is 0 Å². The number of halogens is 2. The fourth-order valence-corrected chi connectivity index (χ4v) is 5.66. The smallest absolute Gasteiger partial charge is 0.344 e. The van der Waals surface area contributed by atoms with Crippen molar-refractivity contribution in [3.8, 4) is 11.5 Å². The minimum atomic E-state index is -0.592. The number of hydrogen-bond donors (Lipinski definition) is 1. The van der Waals surface area contributed by atoms with Gasteiger partial charge in [-0.05, 0) is 42.8 Å². The average molecular weight is 505 g/mol. The normalized spacial score (nSPS) is 23.3. The number of rotatable bonds is 6. The number of likely N-dealkylation sites (tertiary alicyclic amines) is 1. The number of β-amino-alcohol motifs (C(OH)–C–C–N with tert-alkyl or cyclic N) is 1. The number of aliphatic hydroxyl groups excluding tert-OH is 1. The lowest BCUT2D eigenvalue weighted by Gasteiger charge is -2.41. The second kappa shape index (κ2) is 9.84. The Labute approximate surface area is 209 Å². The van der Waals surface area contributed by atoms with E-state index in [1.165, 1.54) is 18.2 Å². The molecule has 9 heteroatoms. The van der Waals surface area contributed by atoms with Crippen molar-refractivity contribution in [3.63, 3.8) is 0 Å². The van der Waals surface area contributed by atoms with E-state index in [0.717, 1.165) is 48.7 Å².